The second-order valence-corrected chi connectivity index (χ2v) is 11.6. The van der Waals surface area contributed by atoms with E-state index < -0.39 is 34.1 Å². The van der Waals surface area contributed by atoms with Gasteiger partial charge in [-0.05, 0) is 61.4 Å². The molecule has 2 aliphatic heterocycles. The molecule has 0 bridgehead atoms. The number of carbonyl (C=O) groups is 2. The van der Waals surface area contributed by atoms with Crippen LogP contribution in [0.3, 0.4) is 0 Å². The van der Waals surface area contributed by atoms with Gasteiger partial charge in [0.2, 0.25) is 0 Å². The summed E-state index contributed by atoms with van der Waals surface area (Å²) >= 11 is 0. The third-order valence-electron chi connectivity index (χ3n) is 7.40. The Hall–Kier alpha value is -2.39. The first kappa shape index (κ1) is 22.4. The van der Waals surface area contributed by atoms with Gasteiger partial charge in [-0.3, -0.25) is 18.7 Å². The second-order valence-electron chi connectivity index (χ2n) is 9.44. The number of carboxylic acid groups (broad SMARTS) is 1. The van der Waals surface area contributed by atoms with Gasteiger partial charge in [0.15, 0.2) is 0 Å². The Morgan fingerprint density at radius 1 is 1.06 bits per heavy atom. The highest BCUT2D eigenvalue weighted by atomic mass is 32.3. The Balaban J connectivity index is 1.32. The lowest BCUT2D eigenvalue weighted by molar-refractivity contribution is -0.142. The summed E-state index contributed by atoms with van der Waals surface area (Å²) in [4.78, 5) is 25.3. The Labute approximate surface area is 194 Å². The number of hydrogen-bond acceptors (Lipinski definition) is 5. The van der Waals surface area contributed by atoms with E-state index in [2.05, 4.69) is 5.32 Å². The van der Waals surface area contributed by atoms with Crippen LogP contribution in [0.2, 0.25) is 0 Å². The van der Waals surface area contributed by atoms with Crippen molar-refractivity contribution in [1.82, 2.24) is 5.32 Å². The van der Waals surface area contributed by atoms with Crippen LogP contribution in [-0.4, -0.2) is 50.1 Å². The minimum atomic E-state index is -2.76. The van der Waals surface area contributed by atoms with E-state index in [9.17, 15) is 23.8 Å². The number of nitrogens with one attached hydrogen (secondary N) is 1. The van der Waals surface area contributed by atoms with Gasteiger partial charge in [-0.25, -0.2) is 0 Å². The van der Waals surface area contributed by atoms with Crippen molar-refractivity contribution in [3.63, 3.8) is 0 Å². The molecule has 4 N–H and O–H groups in total. The largest absolute Gasteiger partial charge is 0.481 e. The first-order valence-corrected chi connectivity index (χ1v) is 13.1. The molecule has 1 aliphatic carbocycles. The van der Waals surface area contributed by atoms with Crippen molar-refractivity contribution in [2.45, 2.75) is 54.6 Å². The highest BCUT2D eigenvalue weighted by molar-refractivity contribution is 8.24. The fraction of sp³-hybridized carbons (Fsp3) is 0.440. The Kier molecular flexibility index (Phi) is 5.73. The molecule has 2 heterocycles. The second kappa shape index (κ2) is 8.43. The Bertz CT molecular complexity index is 1060. The summed E-state index contributed by atoms with van der Waals surface area (Å²) in [6.45, 7) is 0.647. The SMILES string of the molecule is O=C(N[C@@H]1C[C@@]2(CCCO2)C[C@@H]1C(=O)O)c1ccc(C2CCS(O)(O)c3ccccc32)cc1. The molecule has 1 saturated carbocycles. The lowest BCUT2D eigenvalue weighted by atomic mass is 9.88. The van der Waals surface area contributed by atoms with Gasteiger partial charge in [0.25, 0.3) is 5.91 Å². The molecular formula is C25H29NO6S. The minimum Gasteiger partial charge on any atom is -0.481 e. The molecule has 0 aromatic heterocycles. The number of aliphatic carboxylic acids is 1. The molecule has 2 aromatic rings. The van der Waals surface area contributed by atoms with Crippen LogP contribution in [0.1, 0.15) is 59.5 Å². The average Bonchev–Trinajstić information content (AvgIpc) is 3.41. The maximum atomic E-state index is 12.9. The summed E-state index contributed by atoms with van der Waals surface area (Å²) in [6.07, 6.45) is 3.35. The topological polar surface area (TPSA) is 116 Å². The molecule has 4 atom stereocenters. The smallest absolute Gasteiger partial charge is 0.308 e. The van der Waals surface area contributed by atoms with Gasteiger partial charge >= 0.3 is 5.97 Å². The van der Waals surface area contributed by atoms with Gasteiger partial charge in [0.1, 0.15) is 0 Å². The first-order chi connectivity index (χ1) is 15.8. The highest BCUT2D eigenvalue weighted by Crippen LogP contribution is 2.57. The molecule has 33 heavy (non-hydrogen) atoms. The number of fused-ring (bicyclic) bond motifs is 1. The lowest BCUT2D eigenvalue weighted by Gasteiger charge is -2.41. The van der Waals surface area contributed by atoms with E-state index in [1.54, 1.807) is 18.2 Å². The van der Waals surface area contributed by atoms with Crippen LogP contribution in [0.25, 0.3) is 0 Å². The molecule has 176 valence electrons. The Morgan fingerprint density at radius 3 is 2.52 bits per heavy atom. The summed E-state index contributed by atoms with van der Waals surface area (Å²) in [6, 6.07) is 14.3. The zero-order chi connectivity index (χ0) is 23.2. The Morgan fingerprint density at radius 2 is 1.82 bits per heavy atom. The maximum absolute atomic E-state index is 12.9. The van der Waals surface area contributed by atoms with Crippen molar-refractivity contribution in [3.8, 4) is 0 Å². The van der Waals surface area contributed by atoms with Crippen LogP contribution in [0.5, 0.6) is 0 Å². The number of amides is 1. The number of hydrogen-bond donors (Lipinski definition) is 4. The molecule has 1 spiro atoms. The van der Waals surface area contributed by atoms with E-state index in [-0.39, 0.29) is 11.8 Å². The summed E-state index contributed by atoms with van der Waals surface area (Å²) in [7, 11) is -2.76. The first-order valence-electron chi connectivity index (χ1n) is 11.4. The standard InChI is InChI=1S/C25H29NO6S/c27-23(26-21-15-25(11-3-12-32-25)14-20(21)24(28)29)17-8-6-16(7-9-17)18-10-13-33(30,31)22-5-2-1-4-19(18)22/h1-2,4-9,18,20-21,30-31H,3,10-15H2,(H,26,27)(H,28,29)/t18?,20-,21+,25+/m0/s1. The lowest BCUT2D eigenvalue weighted by Crippen LogP contribution is -2.40. The minimum absolute atomic E-state index is 0.0313. The summed E-state index contributed by atoms with van der Waals surface area (Å²) in [5, 5.41) is 12.6. The fourth-order valence-corrected chi connectivity index (χ4v) is 7.40. The number of rotatable bonds is 4. The number of ether oxygens (including phenoxy) is 1. The molecule has 2 fully saturated rings. The molecule has 2 aromatic carbocycles. The molecule has 3 aliphatic rings. The highest BCUT2D eigenvalue weighted by Gasteiger charge is 2.51. The number of carboxylic acids is 1. The van der Waals surface area contributed by atoms with E-state index in [4.69, 9.17) is 4.74 Å². The summed E-state index contributed by atoms with van der Waals surface area (Å²) in [5.41, 5.74) is 1.98. The van der Waals surface area contributed by atoms with Gasteiger partial charge in [0, 0.05) is 29.9 Å². The maximum Gasteiger partial charge on any atom is 0.308 e. The van der Waals surface area contributed by atoms with Crippen LogP contribution in [0.4, 0.5) is 0 Å². The monoisotopic (exact) mass is 471 g/mol. The normalized spacial score (nSPS) is 31.2. The van der Waals surface area contributed by atoms with E-state index >= 15 is 0 Å². The fourth-order valence-electron chi connectivity index (χ4n) is 5.74. The number of benzene rings is 2. The molecule has 7 nitrogen and oxygen atoms in total. The summed E-state index contributed by atoms with van der Waals surface area (Å²) < 4.78 is 26.7. The number of carbonyl (C=O) groups excluding carboxylic acids is 1. The predicted molar refractivity (Wildman–Crippen MR) is 125 cm³/mol. The third kappa shape index (κ3) is 4.17. The van der Waals surface area contributed by atoms with Crippen molar-refractivity contribution in [3.05, 3.63) is 65.2 Å². The molecule has 1 amide bonds. The predicted octanol–water partition coefficient (Wildman–Crippen LogP) is 4.47. The van der Waals surface area contributed by atoms with Crippen molar-refractivity contribution < 1.29 is 28.5 Å². The molecule has 5 rings (SSSR count). The third-order valence-corrected chi connectivity index (χ3v) is 9.28. The van der Waals surface area contributed by atoms with Crippen LogP contribution in [-0.2, 0) is 9.53 Å². The van der Waals surface area contributed by atoms with Gasteiger partial charge < -0.3 is 15.2 Å². The quantitative estimate of drug-likeness (QED) is 0.523. The zero-order valence-corrected chi connectivity index (χ0v) is 19.1. The molecule has 8 heteroatoms. The summed E-state index contributed by atoms with van der Waals surface area (Å²) in [5.74, 6) is -1.48. The van der Waals surface area contributed by atoms with Crippen molar-refractivity contribution in [2.24, 2.45) is 5.92 Å². The molecule has 0 radical (unpaired) electrons. The van der Waals surface area contributed by atoms with Crippen LogP contribution in [0, 0.1) is 5.92 Å². The van der Waals surface area contributed by atoms with Crippen LogP contribution < -0.4 is 5.32 Å². The van der Waals surface area contributed by atoms with Crippen molar-refractivity contribution in [2.75, 3.05) is 12.4 Å². The van der Waals surface area contributed by atoms with E-state index in [0.29, 0.717) is 42.1 Å². The van der Waals surface area contributed by atoms with Gasteiger partial charge in [-0.1, -0.05) is 30.3 Å². The van der Waals surface area contributed by atoms with E-state index in [1.807, 2.05) is 30.3 Å². The molecule has 1 saturated heterocycles. The van der Waals surface area contributed by atoms with Gasteiger partial charge in [-0.2, -0.15) is 10.6 Å². The van der Waals surface area contributed by atoms with E-state index in [0.717, 1.165) is 24.0 Å². The molecular weight excluding hydrogens is 442 g/mol. The molecule has 1 unspecified atom stereocenters. The van der Waals surface area contributed by atoms with Gasteiger partial charge in [0.05, 0.1) is 16.4 Å². The van der Waals surface area contributed by atoms with Crippen LogP contribution in [0.15, 0.2) is 53.4 Å². The average molecular weight is 472 g/mol. The zero-order valence-electron chi connectivity index (χ0n) is 18.3. The van der Waals surface area contributed by atoms with E-state index in [1.165, 1.54) is 0 Å². The van der Waals surface area contributed by atoms with Crippen molar-refractivity contribution in [1.29, 1.82) is 0 Å². The van der Waals surface area contributed by atoms with Crippen LogP contribution >= 0.6 is 10.6 Å². The van der Waals surface area contributed by atoms with Crippen molar-refractivity contribution >= 4 is 22.5 Å². The van der Waals surface area contributed by atoms with Gasteiger partial charge in [-0.15, -0.1) is 0 Å².